The highest BCUT2D eigenvalue weighted by molar-refractivity contribution is 5.67. The van der Waals surface area contributed by atoms with Crippen LogP contribution in [0.15, 0.2) is 24.3 Å². The average Bonchev–Trinajstić information content (AvgIpc) is 2.32. The lowest BCUT2D eigenvalue weighted by molar-refractivity contribution is -0.152. The summed E-state index contributed by atoms with van der Waals surface area (Å²) in [5, 5.41) is 0. The first-order valence-electron chi connectivity index (χ1n) is 7.68. The highest BCUT2D eigenvalue weighted by atomic mass is 16.6. The fraction of sp³-hybridized carbons (Fsp3) is 0.611. The van der Waals surface area contributed by atoms with Crippen molar-refractivity contribution in [1.82, 2.24) is 0 Å². The predicted octanol–water partition coefficient (Wildman–Crippen LogP) is 4.12. The number of hydrogen-bond donors (Lipinski definition) is 0. The molecule has 1 aliphatic heterocycles. The molecule has 0 radical (unpaired) electrons. The number of rotatable bonds is 3. The van der Waals surface area contributed by atoms with Crippen molar-refractivity contribution < 1.29 is 9.53 Å². The van der Waals surface area contributed by atoms with E-state index in [1.54, 1.807) is 0 Å². The fourth-order valence-electron chi connectivity index (χ4n) is 3.55. The number of benzene rings is 1. The Morgan fingerprint density at radius 2 is 2.00 bits per heavy atom. The second kappa shape index (κ2) is 5.36. The van der Waals surface area contributed by atoms with E-state index in [2.05, 4.69) is 49.9 Å². The van der Waals surface area contributed by atoms with Crippen LogP contribution in [0.2, 0.25) is 0 Å². The van der Waals surface area contributed by atoms with Gasteiger partial charge in [-0.1, -0.05) is 25.1 Å². The highest BCUT2D eigenvalue weighted by Crippen LogP contribution is 2.43. The molecule has 3 nitrogen and oxygen atoms in total. The molecule has 116 valence electrons. The molecule has 21 heavy (non-hydrogen) atoms. The third-order valence-corrected chi connectivity index (χ3v) is 4.25. The Labute approximate surface area is 128 Å². The Kier molecular flexibility index (Phi) is 4.05. The van der Waals surface area contributed by atoms with Crippen molar-refractivity contribution in [3.05, 3.63) is 29.8 Å². The van der Waals surface area contributed by atoms with Crippen molar-refractivity contribution in [2.24, 2.45) is 0 Å². The number of esters is 1. The zero-order valence-electron chi connectivity index (χ0n) is 14.1. The summed E-state index contributed by atoms with van der Waals surface area (Å²) in [6.07, 6.45) is 1.10. The van der Waals surface area contributed by atoms with Crippen LogP contribution in [0, 0.1) is 0 Å². The van der Waals surface area contributed by atoms with Gasteiger partial charge in [-0.2, -0.15) is 0 Å². The maximum Gasteiger partial charge on any atom is 0.303 e. The van der Waals surface area contributed by atoms with Crippen LogP contribution in [0.5, 0.6) is 0 Å². The third kappa shape index (κ3) is 3.39. The first kappa shape index (κ1) is 15.9. The SMILES string of the molecule is CC(=O)OC(C)(C)CN1c2ccccc2C(C)CC1(C)C. The van der Waals surface area contributed by atoms with Crippen LogP contribution in [-0.2, 0) is 9.53 Å². The lowest BCUT2D eigenvalue weighted by atomic mass is 9.79. The van der Waals surface area contributed by atoms with Gasteiger partial charge in [-0.15, -0.1) is 0 Å². The van der Waals surface area contributed by atoms with Crippen molar-refractivity contribution >= 4 is 11.7 Å². The maximum atomic E-state index is 11.3. The summed E-state index contributed by atoms with van der Waals surface area (Å²) in [6.45, 7) is 12.9. The second-order valence-electron chi connectivity index (χ2n) is 7.42. The number of fused-ring (bicyclic) bond motifs is 1. The first-order valence-corrected chi connectivity index (χ1v) is 7.68. The Bertz CT molecular complexity index is 534. The van der Waals surface area contributed by atoms with Gasteiger partial charge in [0.15, 0.2) is 0 Å². The lowest BCUT2D eigenvalue weighted by Gasteiger charge is -2.49. The van der Waals surface area contributed by atoms with Crippen molar-refractivity contribution in [3.63, 3.8) is 0 Å². The zero-order valence-corrected chi connectivity index (χ0v) is 14.1. The van der Waals surface area contributed by atoms with Gasteiger partial charge in [-0.25, -0.2) is 0 Å². The first-order chi connectivity index (χ1) is 9.62. The molecule has 1 atom stereocenters. The van der Waals surface area contributed by atoms with Crippen LogP contribution in [-0.4, -0.2) is 23.7 Å². The number of carbonyl (C=O) groups is 1. The van der Waals surface area contributed by atoms with Crippen LogP contribution in [0.3, 0.4) is 0 Å². The van der Waals surface area contributed by atoms with Crippen LogP contribution in [0.1, 0.15) is 59.4 Å². The van der Waals surface area contributed by atoms with E-state index >= 15 is 0 Å². The van der Waals surface area contributed by atoms with Gasteiger partial charge < -0.3 is 9.64 Å². The molecule has 1 aromatic rings. The second-order valence-corrected chi connectivity index (χ2v) is 7.42. The molecule has 0 amide bonds. The summed E-state index contributed by atoms with van der Waals surface area (Å²) >= 11 is 0. The molecule has 1 heterocycles. The number of anilines is 1. The summed E-state index contributed by atoms with van der Waals surface area (Å²) < 4.78 is 5.50. The molecule has 0 N–H and O–H groups in total. The topological polar surface area (TPSA) is 29.5 Å². The highest BCUT2D eigenvalue weighted by Gasteiger charge is 2.39. The minimum absolute atomic E-state index is 0.0468. The molecule has 0 spiro atoms. The monoisotopic (exact) mass is 289 g/mol. The third-order valence-electron chi connectivity index (χ3n) is 4.25. The molecule has 0 saturated heterocycles. The standard InChI is InChI=1S/C18H27NO2/c1-13-11-17(3,4)19(12-18(5,6)21-14(2)20)16-10-8-7-9-15(13)16/h7-10,13H,11-12H2,1-6H3. The quantitative estimate of drug-likeness (QED) is 0.784. The van der Waals surface area contributed by atoms with Crippen molar-refractivity contribution in [3.8, 4) is 0 Å². The lowest BCUT2D eigenvalue weighted by Crippen LogP contribution is -2.54. The van der Waals surface area contributed by atoms with Crippen molar-refractivity contribution in [2.75, 3.05) is 11.4 Å². The molecule has 2 rings (SSSR count). The molecule has 0 aromatic heterocycles. The molecule has 0 fully saturated rings. The zero-order chi connectivity index (χ0) is 15.8. The molecule has 1 unspecified atom stereocenters. The number of carbonyl (C=O) groups excluding carboxylic acids is 1. The Hall–Kier alpha value is -1.51. The predicted molar refractivity (Wildman–Crippen MR) is 86.7 cm³/mol. The average molecular weight is 289 g/mol. The molecule has 0 saturated carbocycles. The minimum Gasteiger partial charge on any atom is -0.458 e. The van der Waals surface area contributed by atoms with Crippen LogP contribution in [0.4, 0.5) is 5.69 Å². The Morgan fingerprint density at radius 1 is 1.38 bits per heavy atom. The maximum absolute atomic E-state index is 11.3. The summed E-state index contributed by atoms with van der Waals surface area (Å²) in [6, 6.07) is 8.57. The van der Waals surface area contributed by atoms with Gasteiger partial charge in [0.05, 0.1) is 6.54 Å². The number of hydrogen-bond acceptors (Lipinski definition) is 3. The van der Waals surface area contributed by atoms with Gasteiger partial charge in [0, 0.05) is 18.2 Å². The summed E-state index contributed by atoms with van der Waals surface area (Å²) in [4.78, 5) is 13.7. The smallest absolute Gasteiger partial charge is 0.303 e. The van der Waals surface area contributed by atoms with Gasteiger partial charge in [0.1, 0.15) is 5.60 Å². The molecule has 3 heteroatoms. The fourth-order valence-corrected chi connectivity index (χ4v) is 3.55. The summed E-state index contributed by atoms with van der Waals surface area (Å²) in [7, 11) is 0. The van der Waals surface area contributed by atoms with Gasteiger partial charge in [-0.05, 0) is 51.7 Å². The van der Waals surface area contributed by atoms with Crippen LogP contribution in [0.25, 0.3) is 0 Å². The van der Waals surface area contributed by atoms with E-state index in [1.807, 2.05) is 13.8 Å². The van der Waals surface area contributed by atoms with E-state index in [0.717, 1.165) is 6.42 Å². The van der Waals surface area contributed by atoms with E-state index < -0.39 is 5.60 Å². The Morgan fingerprint density at radius 3 is 2.62 bits per heavy atom. The van der Waals surface area contributed by atoms with Gasteiger partial charge in [-0.3, -0.25) is 4.79 Å². The van der Waals surface area contributed by atoms with Crippen molar-refractivity contribution in [1.29, 1.82) is 0 Å². The van der Waals surface area contributed by atoms with E-state index in [9.17, 15) is 4.79 Å². The molecule has 1 aromatic carbocycles. The molecule has 0 aliphatic carbocycles. The molecule has 0 bridgehead atoms. The molecular formula is C18H27NO2. The van der Waals surface area contributed by atoms with Crippen molar-refractivity contribution in [2.45, 2.75) is 65.0 Å². The summed E-state index contributed by atoms with van der Waals surface area (Å²) in [5.41, 5.74) is 2.19. The van der Waals surface area contributed by atoms with Gasteiger partial charge in [0.2, 0.25) is 0 Å². The largest absolute Gasteiger partial charge is 0.458 e. The number of para-hydroxylation sites is 1. The van der Waals surface area contributed by atoms with Crippen LogP contribution >= 0.6 is 0 Å². The van der Waals surface area contributed by atoms with E-state index in [0.29, 0.717) is 12.5 Å². The summed E-state index contributed by atoms with van der Waals surface area (Å²) in [5.74, 6) is 0.320. The van der Waals surface area contributed by atoms with E-state index in [-0.39, 0.29) is 11.5 Å². The normalized spacial score (nSPS) is 20.9. The van der Waals surface area contributed by atoms with Crippen LogP contribution < -0.4 is 4.90 Å². The molecule has 1 aliphatic rings. The number of ether oxygens (including phenoxy) is 1. The van der Waals surface area contributed by atoms with Gasteiger partial charge in [0.25, 0.3) is 0 Å². The van der Waals surface area contributed by atoms with E-state index in [4.69, 9.17) is 4.74 Å². The molecular weight excluding hydrogens is 262 g/mol. The Balaban J connectivity index is 2.36. The van der Waals surface area contributed by atoms with Gasteiger partial charge >= 0.3 is 5.97 Å². The number of nitrogens with zero attached hydrogens (tertiary/aromatic N) is 1. The van der Waals surface area contributed by atoms with E-state index in [1.165, 1.54) is 18.2 Å². The minimum atomic E-state index is -0.503.